The Morgan fingerprint density at radius 1 is 0.408 bits per heavy atom. The minimum atomic E-state index is -1.51. The molecule has 0 radical (unpaired) electrons. The van der Waals surface area contributed by atoms with Crippen LogP contribution in [-0.2, 0) is 33.3 Å². The molecule has 1 N–H and O–H groups in total. The number of hydrogen-bond acceptors (Lipinski definition) is 7. The molecule has 2 atom stereocenters. The van der Waals surface area contributed by atoms with Crippen molar-refractivity contribution in [1.82, 2.24) is 0 Å². The van der Waals surface area contributed by atoms with Crippen molar-refractivity contribution in [3.63, 3.8) is 0 Å². The van der Waals surface area contributed by atoms with E-state index in [1.165, 1.54) is 173 Å². The van der Waals surface area contributed by atoms with Gasteiger partial charge in [-0.25, -0.2) is 4.79 Å². The van der Waals surface area contributed by atoms with Gasteiger partial charge in [0.1, 0.15) is 13.2 Å². The molecule has 0 aromatic carbocycles. The van der Waals surface area contributed by atoms with Crippen LogP contribution in [0.4, 0.5) is 0 Å². The number of quaternary nitrogens is 1. The summed E-state index contributed by atoms with van der Waals surface area (Å²) in [7, 11) is 5.97. The zero-order valence-corrected chi connectivity index (χ0v) is 50.2. The lowest BCUT2D eigenvalue weighted by molar-refractivity contribution is -0.870. The molecule has 0 bridgehead atoms. The fourth-order valence-corrected chi connectivity index (χ4v) is 8.90. The van der Waals surface area contributed by atoms with Crippen LogP contribution in [0.15, 0.2) is 72.9 Å². The third kappa shape index (κ3) is 58.4. The lowest BCUT2D eigenvalue weighted by atomic mass is 10.0. The van der Waals surface area contributed by atoms with Crippen molar-refractivity contribution < 1.29 is 42.9 Å². The molecule has 0 saturated carbocycles. The molecule has 0 aromatic rings. The first-order chi connectivity index (χ1) is 37.1. The summed E-state index contributed by atoms with van der Waals surface area (Å²) in [6, 6.07) is 0. The number of carboxylic acid groups (broad SMARTS) is 1. The molecule has 440 valence electrons. The van der Waals surface area contributed by atoms with Crippen LogP contribution in [0.2, 0.25) is 0 Å². The van der Waals surface area contributed by atoms with Gasteiger partial charge in [-0.3, -0.25) is 9.59 Å². The second kappa shape index (κ2) is 57.9. The average molecular weight is 1070 g/mol. The molecule has 0 heterocycles. The first-order valence-electron chi connectivity index (χ1n) is 31.6. The van der Waals surface area contributed by atoms with E-state index >= 15 is 0 Å². The molecule has 0 spiro atoms. The summed E-state index contributed by atoms with van der Waals surface area (Å²) in [6.45, 7) is 4.78. The first kappa shape index (κ1) is 72.7. The smallest absolute Gasteiger partial charge is 0.361 e. The number of likely N-dealkylation sites (N-methyl/N-ethyl adjacent to an activating group) is 1. The fourth-order valence-electron chi connectivity index (χ4n) is 8.90. The number of aliphatic carboxylic acids is 1. The van der Waals surface area contributed by atoms with Crippen molar-refractivity contribution >= 4 is 17.9 Å². The Balaban J connectivity index is 3.97. The van der Waals surface area contributed by atoms with Gasteiger partial charge in [-0.1, -0.05) is 273 Å². The van der Waals surface area contributed by atoms with Crippen molar-refractivity contribution in [1.29, 1.82) is 0 Å². The molecule has 9 nitrogen and oxygen atoms in total. The predicted molar refractivity (Wildman–Crippen MR) is 323 cm³/mol. The third-order valence-corrected chi connectivity index (χ3v) is 13.7. The zero-order valence-electron chi connectivity index (χ0n) is 50.2. The van der Waals surface area contributed by atoms with Crippen LogP contribution >= 0.6 is 0 Å². The van der Waals surface area contributed by atoms with Crippen LogP contribution in [0.1, 0.15) is 277 Å². The van der Waals surface area contributed by atoms with Gasteiger partial charge in [-0.15, -0.1) is 0 Å². The van der Waals surface area contributed by atoms with E-state index in [0.717, 1.165) is 77.0 Å². The normalized spacial score (nSPS) is 13.2. The highest BCUT2D eigenvalue weighted by Crippen LogP contribution is 2.17. The van der Waals surface area contributed by atoms with Gasteiger partial charge in [0, 0.05) is 12.8 Å². The number of unbranched alkanes of at least 4 members (excludes halogenated alkanes) is 31. The Morgan fingerprint density at radius 3 is 1.12 bits per heavy atom. The molecule has 0 aliphatic carbocycles. The molecule has 9 heteroatoms. The van der Waals surface area contributed by atoms with Gasteiger partial charge in [0.25, 0.3) is 6.29 Å². The summed E-state index contributed by atoms with van der Waals surface area (Å²) in [5.41, 5.74) is 0. The number of ether oxygens (including phenoxy) is 4. The van der Waals surface area contributed by atoms with E-state index in [1.807, 2.05) is 21.1 Å². The fraction of sp³-hybridized carbons (Fsp3) is 0.776. The number of esters is 2. The highest BCUT2D eigenvalue weighted by atomic mass is 16.7. The largest absolute Gasteiger partial charge is 0.477 e. The summed E-state index contributed by atoms with van der Waals surface area (Å²) in [6.07, 6.45) is 73.0. The Kier molecular flexibility index (Phi) is 55.4. The number of carboxylic acids is 1. The van der Waals surface area contributed by atoms with Gasteiger partial charge >= 0.3 is 17.9 Å². The van der Waals surface area contributed by atoms with Gasteiger partial charge < -0.3 is 28.5 Å². The summed E-state index contributed by atoms with van der Waals surface area (Å²) in [5, 5.41) is 9.69. The standard InChI is InChI=1S/C67H119NO8/c1-6-8-10-12-14-16-18-20-21-22-23-24-25-26-27-28-29-30-31-32-33-34-35-36-37-38-39-40-41-42-43-44-45-46-48-50-52-54-56-58-65(70)76-63(62-75-67(66(71)72)73-60-59-68(3,4)5)61-74-64(69)57-55-53-51-49-47-19-17-15-13-11-9-7-2/h8,10,14,16,20-21,23-24,26-27,29-30,63,67H,6-7,9,11-13,15,17-19,22,25,28,31-62H2,1-5H3/p+1/b10-8-,16-14-,21-20-,24-23-,27-26-,30-29-. The molecule has 0 rings (SSSR count). The Bertz CT molecular complexity index is 1470. The molecular formula is C67H120NO8+. The molecule has 0 fully saturated rings. The van der Waals surface area contributed by atoms with E-state index in [2.05, 4.69) is 86.8 Å². The molecule has 76 heavy (non-hydrogen) atoms. The topological polar surface area (TPSA) is 108 Å². The van der Waals surface area contributed by atoms with Gasteiger partial charge in [0.2, 0.25) is 0 Å². The van der Waals surface area contributed by atoms with Crippen LogP contribution in [0.25, 0.3) is 0 Å². The third-order valence-electron chi connectivity index (χ3n) is 13.7. The number of hydrogen-bond donors (Lipinski definition) is 1. The van der Waals surface area contributed by atoms with Crippen molar-refractivity contribution in [3.05, 3.63) is 72.9 Å². The van der Waals surface area contributed by atoms with Crippen LogP contribution in [0.3, 0.4) is 0 Å². The Hall–Kier alpha value is -3.27. The highest BCUT2D eigenvalue weighted by molar-refractivity contribution is 5.71. The molecule has 2 unspecified atom stereocenters. The number of carbonyl (C=O) groups excluding carboxylic acids is 2. The predicted octanol–water partition coefficient (Wildman–Crippen LogP) is 19.0. The van der Waals surface area contributed by atoms with Crippen LogP contribution in [0, 0.1) is 0 Å². The van der Waals surface area contributed by atoms with Crippen LogP contribution < -0.4 is 0 Å². The van der Waals surface area contributed by atoms with Crippen molar-refractivity contribution in [3.8, 4) is 0 Å². The van der Waals surface area contributed by atoms with Gasteiger partial charge in [0.15, 0.2) is 6.10 Å². The summed E-state index contributed by atoms with van der Waals surface area (Å²) < 4.78 is 22.9. The van der Waals surface area contributed by atoms with Crippen LogP contribution in [-0.4, -0.2) is 87.4 Å². The number of nitrogens with zero attached hydrogens (tertiary/aromatic N) is 1. The highest BCUT2D eigenvalue weighted by Gasteiger charge is 2.25. The molecule has 0 amide bonds. The number of allylic oxidation sites excluding steroid dienone is 12. The zero-order chi connectivity index (χ0) is 55.5. The summed E-state index contributed by atoms with van der Waals surface area (Å²) in [5.74, 6) is -1.99. The van der Waals surface area contributed by atoms with Gasteiger partial charge in [0.05, 0.1) is 34.4 Å². The van der Waals surface area contributed by atoms with E-state index in [0.29, 0.717) is 17.4 Å². The maximum atomic E-state index is 12.9. The lowest BCUT2D eigenvalue weighted by Gasteiger charge is -2.25. The summed E-state index contributed by atoms with van der Waals surface area (Å²) in [4.78, 5) is 37.4. The van der Waals surface area contributed by atoms with E-state index in [9.17, 15) is 19.5 Å². The van der Waals surface area contributed by atoms with Crippen molar-refractivity contribution in [2.24, 2.45) is 0 Å². The molecular weight excluding hydrogens is 947 g/mol. The Labute approximate surface area is 468 Å². The van der Waals surface area contributed by atoms with Gasteiger partial charge in [-0.05, 0) is 64.2 Å². The first-order valence-corrected chi connectivity index (χ1v) is 31.6. The molecule has 0 aliphatic rings. The molecule has 0 aliphatic heterocycles. The maximum Gasteiger partial charge on any atom is 0.361 e. The second-order valence-corrected chi connectivity index (χ2v) is 22.3. The Morgan fingerprint density at radius 2 is 0.750 bits per heavy atom. The quantitative estimate of drug-likeness (QED) is 0.0211. The number of rotatable bonds is 58. The average Bonchev–Trinajstić information content (AvgIpc) is 3.39. The molecule has 0 aromatic heterocycles. The van der Waals surface area contributed by atoms with Gasteiger partial charge in [-0.2, -0.15) is 0 Å². The van der Waals surface area contributed by atoms with Crippen molar-refractivity contribution in [2.45, 2.75) is 289 Å². The molecule has 0 saturated heterocycles. The van der Waals surface area contributed by atoms with E-state index in [-0.39, 0.29) is 32.2 Å². The lowest BCUT2D eigenvalue weighted by Crippen LogP contribution is -2.40. The second-order valence-electron chi connectivity index (χ2n) is 22.3. The summed E-state index contributed by atoms with van der Waals surface area (Å²) >= 11 is 0. The van der Waals surface area contributed by atoms with E-state index < -0.39 is 24.3 Å². The maximum absolute atomic E-state index is 12.9. The minimum absolute atomic E-state index is 0.178. The number of carbonyl (C=O) groups is 3. The van der Waals surface area contributed by atoms with E-state index in [4.69, 9.17) is 18.9 Å². The van der Waals surface area contributed by atoms with Crippen molar-refractivity contribution in [2.75, 3.05) is 47.5 Å². The SMILES string of the molecule is CC/C=C\C/C=C\C/C=C\C/C=C\C/C=C\C/C=C\CCCCCCCCCCCCCCCCCCCCCCC(=O)OC(COC(=O)CCCCCCCCCCCCCC)COC(OCC[N+](C)(C)C)C(=O)O. The van der Waals surface area contributed by atoms with E-state index in [1.54, 1.807) is 0 Å². The minimum Gasteiger partial charge on any atom is -0.477 e. The monoisotopic (exact) mass is 1070 g/mol. The van der Waals surface area contributed by atoms with Crippen LogP contribution in [0.5, 0.6) is 0 Å².